The van der Waals surface area contributed by atoms with Crippen LogP contribution in [0.15, 0.2) is 29.1 Å². The van der Waals surface area contributed by atoms with Gasteiger partial charge in [0.25, 0.3) is 5.91 Å². The molecule has 6 nitrogen and oxygen atoms in total. The fraction of sp³-hybridized carbons (Fsp3) is 0.375. The molecule has 8 heteroatoms. The number of phenolic OH excluding ortho intramolecular Hbond substituents is 1. The topological polar surface area (TPSA) is 92.6 Å². The second-order valence-corrected chi connectivity index (χ2v) is 6.71. The van der Waals surface area contributed by atoms with Crippen LogP contribution in [0, 0.1) is 5.92 Å². The second kappa shape index (κ2) is 7.01. The van der Waals surface area contributed by atoms with Gasteiger partial charge < -0.3 is 20.3 Å². The Kier molecular flexibility index (Phi) is 4.99. The molecule has 0 spiro atoms. The van der Waals surface area contributed by atoms with Crippen LogP contribution in [0.1, 0.15) is 34.8 Å². The van der Waals surface area contributed by atoms with Crippen molar-refractivity contribution in [2.75, 3.05) is 13.1 Å². The van der Waals surface area contributed by atoms with E-state index in [1.165, 1.54) is 18.5 Å². The highest BCUT2D eigenvalue weighted by Gasteiger charge is 2.29. The Morgan fingerprint density at radius 2 is 2.00 bits per heavy atom. The highest BCUT2D eigenvalue weighted by Crippen LogP contribution is 2.37. The number of benzene rings is 1. The van der Waals surface area contributed by atoms with Crippen LogP contribution in [-0.2, 0) is 0 Å². The molecule has 1 amide bonds. The van der Waals surface area contributed by atoms with Gasteiger partial charge >= 0.3 is 0 Å². The van der Waals surface area contributed by atoms with Crippen molar-refractivity contribution >= 4 is 29.1 Å². The zero-order valence-electron chi connectivity index (χ0n) is 12.8. The predicted octanol–water partition coefficient (Wildman–Crippen LogP) is 3.24. The summed E-state index contributed by atoms with van der Waals surface area (Å²) in [4.78, 5) is 14.0. The molecule has 0 aliphatic carbocycles. The lowest BCUT2D eigenvalue weighted by Gasteiger charge is -2.35. The number of aromatic hydroxyl groups is 1. The van der Waals surface area contributed by atoms with Crippen LogP contribution in [-0.4, -0.2) is 34.2 Å². The molecule has 1 aromatic carbocycles. The molecule has 0 radical (unpaired) electrons. The molecule has 1 aromatic heterocycles. The maximum atomic E-state index is 12.3. The normalized spacial score (nSPS) is 17.0. The van der Waals surface area contributed by atoms with Crippen molar-refractivity contribution in [2.24, 2.45) is 11.7 Å². The molecule has 3 N–H and O–H groups in total. The van der Waals surface area contributed by atoms with E-state index >= 15 is 0 Å². The number of aromatic nitrogens is 1. The number of hydrogen-bond acceptors (Lipinski definition) is 5. The van der Waals surface area contributed by atoms with Crippen LogP contribution in [0.5, 0.6) is 5.75 Å². The first-order valence-corrected chi connectivity index (χ1v) is 8.35. The van der Waals surface area contributed by atoms with Crippen LogP contribution in [0.2, 0.25) is 10.0 Å². The number of amides is 1. The van der Waals surface area contributed by atoms with Gasteiger partial charge in [-0.25, -0.2) is 0 Å². The van der Waals surface area contributed by atoms with E-state index < -0.39 is 0 Å². The Morgan fingerprint density at radius 3 is 2.62 bits per heavy atom. The Hall–Kier alpha value is -1.76. The fourth-order valence-corrected chi connectivity index (χ4v) is 3.36. The highest BCUT2D eigenvalue weighted by atomic mass is 35.5. The largest absolute Gasteiger partial charge is 0.508 e. The van der Waals surface area contributed by atoms with Crippen molar-refractivity contribution in [3.8, 4) is 5.75 Å². The van der Waals surface area contributed by atoms with Gasteiger partial charge in [0.2, 0.25) is 0 Å². The number of carbonyl (C=O) groups excluding carboxylic acids is 1. The molecule has 2 aromatic rings. The van der Waals surface area contributed by atoms with Gasteiger partial charge in [0.05, 0.1) is 21.8 Å². The number of nitrogens with two attached hydrogens (primary N) is 1. The molecule has 3 rings (SSSR count). The van der Waals surface area contributed by atoms with Gasteiger partial charge in [-0.15, -0.1) is 0 Å². The average molecular weight is 370 g/mol. The summed E-state index contributed by atoms with van der Waals surface area (Å²) in [5.41, 5.74) is 7.34. The second-order valence-electron chi connectivity index (χ2n) is 5.89. The van der Waals surface area contributed by atoms with Crippen molar-refractivity contribution in [1.82, 2.24) is 10.1 Å². The number of nitrogens with zero attached hydrogens (tertiary/aromatic N) is 2. The van der Waals surface area contributed by atoms with Crippen LogP contribution in [0.25, 0.3) is 0 Å². The van der Waals surface area contributed by atoms with E-state index in [1.807, 2.05) is 0 Å². The van der Waals surface area contributed by atoms with Crippen LogP contribution in [0.4, 0.5) is 0 Å². The monoisotopic (exact) mass is 369 g/mol. The number of piperidine rings is 1. The molecular weight excluding hydrogens is 353 g/mol. The molecule has 2 heterocycles. The standard InChI is InChI=1S/C16H17Cl2N3O3/c17-12-5-11(14(22)6-13(12)18)15(19)9-1-3-21(4-2-9)16(23)10-7-20-24-8-10/h5-9,15,22H,1-4,19H2/t15-/m1/s1. The Labute approximate surface area is 149 Å². The molecule has 1 aliphatic heterocycles. The highest BCUT2D eigenvalue weighted by molar-refractivity contribution is 6.42. The zero-order valence-corrected chi connectivity index (χ0v) is 14.3. The molecular formula is C16H17Cl2N3O3. The van der Waals surface area contributed by atoms with E-state index in [0.717, 1.165) is 12.8 Å². The third-order valence-corrected chi connectivity index (χ3v) is 5.16. The van der Waals surface area contributed by atoms with Gasteiger partial charge in [0, 0.05) is 30.8 Å². The average Bonchev–Trinajstić information content (AvgIpc) is 3.11. The number of halogens is 2. The number of rotatable bonds is 3. The summed E-state index contributed by atoms with van der Waals surface area (Å²) in [5.74, 6) is 0.0835. The fourth-order valence-electron chi connectivity index (χ4n) is 3.03. The molecule has 0 unspecified atom stereocenters. The lowest BCUT2D eigenvalue weighted by Crippen LogP contribution is -2.40. The van der Waals surface area contributed by atoms with Crippen molar-refractivity contribution in [3.63, 3.8) is 0 Å². The minimum absolute atomic E-state index is 0.0416. The van der Waals surface area contributed by atoms with Gasteiger partial charge in [0.15, 0.2) is 0 Å². The van der Waals surface area contributed by atoms with Gasteiger partial charge in [-0.05, 0) is 24.8 Å². The molecule has 0 bridgehead atoms. The maximum absolute atomic E-state index is 12.3. The first-order chi connectivity index (χ1) is 11.5. The quantitative estimate of drug-likeness (QED) is 0.865. The lowest BCUT2D eigenvalue weighted by atomic mass is 9.85. The van der Waals surface area contributed by atoms with Crippen molar-refractivity contribution in [2.45, 2.75) is 18.9 Å². The van der Waals surface area contributed by atoms with E-state index in [4.69, 9.17) is 33.5 Å². The van der Waals surface area contributed by atoms with Crippen LogP contribution < -0.4 is 5.73 Å². The number of carbonyl (C=O) groups is 1. The minimum atomic E-state index is -0.368. The smallest absolute Gasteiger partial charge is 0.258 e. The van der Waals surface area contributed by atoms with Gasteiger partial charge in [-0.2, -0.15) is 0 Å². The molecule has 1 saturated heterocycles. The lowest BCUT2D eigenvalue weighted by molar-refractivity contribution is 0.0677. The zero-order chi connectivity index (χ0) is 17.3. The van der Waals surface area contributed by atoms with E-state index in [0.29, 0.717) is 34.3 Å². The van der Waals surface area contributed by atoms with Crippen molar-refractivity contribution < 1.29 is 14.4 Å². The van der Waals surface area contributed by atoms with Crippen LogP contribution in [0.3, 0.4) is 0 Å². The van der Waals surface area contributed by atoms with E-state index in [-0.39, 0.29) is 23.6 Å². The number of likely N-dealkylation sites (tertiary alicyclic amines) is 1. The van der Waals surface area contributed by atoms with E-state index in [2.05, 4.69) is 5.16 Å². The summed E-state index contributed by atoms with van der Waals surface area (Å²) in [5, 5.41) is 14.3. The summed E-state index contributed by atoms with van der Waals surface area (Å²) in [6.07, 6.45) is 4.22. The number of phenols is 1. The van der Waals surface area contributed by atoms with Crippen molar-refractivity contribution in [1.29, 1.82) is 0 Å². The Bertz CT molecular complexity index is 728. The third-order valence-electron chi connectivity index (χ3n) is 4.44. The molecule has 128 valence electrons. The summed E-state index contributed by atoms with van der Waals surface area (Å²) < 4.78 is 4.71. The molecule has 0 saturated carbocycles. The molecule has 1 atom stereocenters. The minimum Gasteiger partial charge on any atom is -0.508 e. The SMILES string of the molecule is N[C@@H](c1cc(Cl)c(Cl)cc1O)C1CCN(C(=O)c2cnoc2)CC1. The van der Waals surface area contributed by atoms with Gasteiger partial charge in [-0.1, -0.05) is 28.4 Å². The van der Waals surface area contributed by atoms with E-state index in [1.54, 1.807) is 11.0 Å². The summed E-state index contributed by atoms with van der Waals surface area (Å²) in [7, 11) is 0. The van der Waals surface area contributed by atoms with Crippen molar-refractivity contribution in [3.05, 3.63) is 45.8 Å². The first-order valence-electron chi connectivity index (χ1n) is 7.59. The molecule has 1 fully saturated rings. The Balaban J connectivity index is 1.66. The van der Waals surface area contributed by atoms with Gasteiger partial charge in [-0.3, -0.25) is 4.79 Å². The Morgan fingerprint density at radius 1 is 1.33 bits per heavy atom. The first kappa shape index (κ1) is 17.1. The summed E-state index contributed by atoms with van der Waals surface area (Å²) in [6.45, 7) is 1.18. The van der Waals surface area contributed by atoms with Crippen LogP contribution >= 0.6 is 23.2 Å². The molecule has 1 aliphatic rings. The predicted molar refractivity (Wildman–Crippen MR) is 90.2 cm³/mol. The summed E-state index contributed by atoms with van der Waals surface area (Å²) >= 11 is 11.9. The summed E-state index contributed by atoms with van der Waals surface area (Å²) in [6, 6.07) is 2.65. The van der Waals surface area contributed by atoms with Gasteiger partial charge in [0.1, 0.15) is 12.0 Å². The maximum Gasteiger partial charge on any atom is 0.258 e. The molecule has 24 heavy (non-hydrogen) atoms. The number of hydrogen-bond donors (Lipinski definition) is 2. The third kappa shape index (κ3) is 3.36. The van der Waals surface area contributed by atoms with E-state index in [9.17, 15) is 9.90 Å².